The number of aryl methyl sites for hydroxylation is 1. The molecule has 1 aliphatic rings. The number of halogens is 2. The minimum absolute atomic E-state index is 0.178. The lowest BCUT2D eigenvalue weighted by Crippen LogP contribution is -2.44. The van der Waals surface area contributed by atoms with Crippen molar-refractivity contribution >= 4 is 11.8 Å². The van der Waals surface area contributed by atoms with Gasteiger partial charge in [0.25, 0.3) is 12.3 Å². The van der Waals surface area contributed by atoms with E-state index in [2.05, 4.69) is 10.4 Å². The smallest absolute Gasteiger partial charge is 0.257 e. The molecule has 0 unspecified atom stereocenters. The summed E-state index contributed by atoms with van der Waals surface area (Å²) in [4.78, 5) is 25.7. The van der Waals surface area contributed by atoms with E-state index in [9.17, 15) is 18.4 Å². The summed E-state index contributed by atoms with van der Waals surface area (Å²) in [6.07, 6.45) is -0.655. The predicted molar refractivity (Wildman–Crippen MR) is 71.1 cm³/mol. The molecule has 0 bridgehead atoms. The Morgan fingerprint density at radius 3 is 2.86 bits per heavy atom. The molecule has 0 radical (unpaired) electrons. The largest absolute Gasteiger partial charge is 0.354 e. The highest BCUT2D eigenvalue weighted by atomic mass is 19.3. The Balaban J connectivity index is 2.21. The van der Waals surface area contributed by atoms with Crippen molar-refractivity contribution in [3.8, 4) is 0 Å². The molecule has 1 atom stereocenters. The summed E-state index contributed by atoms with van der Waals surface area (Å²) in [5, 5.41) is 6.61. The summed E-state index contributed by atoms with van der Waals surface area (Å²) in [6.45, 7) is 3.73. The van der Waals surface area contributed by atoms with E-state index in [0.717, 1.165) is 4.68 Å². The zero-order valence-corrected chi connectivity index (χ0v) is 12.0. The number of rotatable bonds is 5. The fourth-order valence-corrected chi connectivity index (χ4v) is 2.50. The standard InChI is InChI=1S/C13H18F2N4O2/c1-3-19(10-4-5-16-12(10)20)13(21)9-6-18(7-11(14)15)17-8(9)2/h6,10-11H,3-5,7H2,1-2H3,(H,16,20)/t10-/m0/s1. The van der Waals surface area contributed by atoms with E-state index in [0.29, 0.717) is 25.2 Å². The Labute approximate surface area is 121 Å². The Morgan fingerprint density at radius 2 is 2.33 bits per heavy atom. The summed E-state index contributed by atoms with van der Waals surface area (Å²) in [7, 11) is 0. The second-order valence-electron chi connectivity index (χ2n) is 4.93. The van der Waals surface area contributed by atoms with Crippen LogP contribution in [0.15, 0.2) is 6.20 Å². The minimum Gasteiger partial charge on any atom is -0.354 e. The molecule has 1 fully saturated rings. The van der Waals surface area contributed by atoms with E-state index < -0.39 is 19.0 Å². The molecule has 1 aromatic heterocycles. The van der Waals surface area contributed by atoms with Crippen LogP contribution in [-0.4, -0.2) is 52.1 Å². The molecule has 2 rings (SSSR count). The van der Waals surface area contributed by atoms with Gasteiger partial charge < -0.3 is 10.2 Å². The first-order chi connectivity index (χ1) is 9.93. The molecule has 1 aliphatic heterocycles. The molecule has 2 heterocycles. The van der Waals surface area contributed by atoms with E-state index >= 15 is 0 Å². The van der Waals surface area contributed by atoms with Crippen LogP contribution in [0.5, 0.6) is 0 Å². The van der Waals surface area contributed by atoms with Gasteiger partial charge in [-0.15, -0.1) is 0 Å². The summed E-state index contributed by atoms with van der Waals surface area (Å²) in [5.74, 6) is -0.527. The van der Waals surface area contributed by atoms with Crippen LogP contribution >= 0.6 is 0 Å². The van der Waals surface area contributed by atoms with Gasteiger partial charge in [0.1, 0.15) is 12.6 Å². The number of nitrogens with one attached hydrogen (secondary N) is 1. The summed E-state index contributed by atoms with van der Waals surface area (Å²) in [6, 6.07) is -0.500. The Morgan fingerprint density at radius 1 is 1.62 bits per heavy atom. The number of alkyl halides is 2. The molecule has 116 valence electrons. The van der Waals surface area contributed by atoms with Crippen molar-refractivity contribution in [1.29, 1.82) is 0 Å². The molecular formula is C13H18F2N4O2. The second kappa shape index (κ2) is 6.19. The van der Waals surface area contributed by atoms with Gasteiger partial charge in [-0.05, 0) is 20.3 Å². The number of aromatic nitrogens is 2. The first-order valence-corrected chi connectivity index (χ1v) is 6.85. The van der Waals surface area contributed by atoms with E-state index in [1.165, 1.54) is 11.1 Å². The van der Waals surface area contributed by atoms with Crippen molar-refractivity contribution in [2.75, 3.05) is 13.1 Å². The van der Waals surface area contributed by atoms with Gasteiger partial charge in [-0.25, -0.2) is 8.78 Å². The van der Waals surface area contributed by atoms with Gasteiger partial charge >= 0.3 is 0 Å². The number of likely N-dealkylation sites (N-methyl/N-ethyl adjacent to an activating group) is 1. The molecule has 1 aromatic rings. The van der Waals surface area contributed by atoms with E-state index in [1.54, 1.807) is 13.8 Å². The zero-order chi connectivity index (χ0) is 15.6. The summed E-state index contributed by atoms with van der Waals surface area (Å²) < 4.78 is 25.8. The Bertz CT molecular complexity index is 544. The maximum atomic E-state index is 12.5. The predicted octanol–water partition coefficient (Wildman–Crippen LogP) is 0.807. The average molecular weight is 300 g/mol. The first kappa shape index (κ1) is 15.4. The van der Waals surface area contributed by atoms with Crippen molar-refractivity contribution in [2.45, 2.75) is 39.3 Å². The van der Waals surface area contributed by atoms with E-state index in [4.69, 9.17) is 0 Å². The molecule has 1 N–H and O–H groups in total. The van der Waals surface area contributed by atoms with Crippen LogP contribution in [0.3, 0.4) is 0 Å². The molecule has 21 heavy (non-hydrogen) atoms. The van der Waals surface area contributed by atoms with Gasteiger partial charge in [0.05, 0.1) is 11.3 Å². The number of carbonyl (C=O) groups excluding carboxylic acids is 2. The van der Waals surface area contributed by atoms with Crippen molar-refractivity contribution in [1.82, 2.24) is 20.0 Å². The molecule has 8 heteroatoms. The van der Waals surface area contributed by atoms with Gasteiger partial charge in [-0.1, -0.05) is 0 Å². The van der Waals surface area contributed by atoms with Gasteiger partial charge in [0.15, 0.2) is 0 Å². The molecule has 0 aliphatic carbocycles. The topological polar surface area (TPSA) is 67.2 Å². The van der Waals surface area contributed by atoms with Crippen LogP contribution < -0.4 is 5.32 Å². The fraction of sp³-hybridized carbons (Fsp3) is 0.615. The minimum atomic E-state index is -2.53. The maximum Gasteiger partial charge on any atom is 0.257 e. The average Bonchev–Trinajstić information content (AvgIpc) is 2.96. The van der Waals surface area contributed by atoms with Gasteiger partial charge in [-0.3, -0.25) is 14.3 Å². The van der Waals surface area contributed by atoms with Crippen LogP contribution in [0.1, 0.15) is 29.4 Å². The first-order valence-electron chi connectivity index (χ1n) is 6.85. The molecule has 0 saturated carbocycles. The lowest BCUT2D eigenvalue weighted by molar-refractivity contribution is -0.123. The second-order valence-corrected chi connectivity index (χ2v) is 4.93. The number of hydrogen-bond acceptors (Lipinski definition) is 3. The third-order valence-electron chi connectivity index (χ3n) is 3.50. The Hall–Kier alpha value is -1.99. The van der Waals surface area contributed by atoms with Crippen molar-refractivity contribution in [3.63, 3.8) is 0 Å². The molecule has 1 saturated heterocycles. The number of hydrogen-bond donors (Lipinski definition) is 1. The highest BCUT2D eigenvalue weighted by Crippen LogP contribution is 2.16. The highest BCUT2D eigenvalue weighted by molar-refractivity contribution is 5.98. The molecular weight excluding hydrogens is 282 g/mol. The van der Waals surface area contributed by atoms with Crippen molar-refractivity contribution in [3.05, 3.63) is 17.5 Å². The van der Waals surface area contributed by atoms with Crippen LogP contribution in [0.2, 0.25) is 0 Å². The normalized spacial score (nSPS) is 18.1. The molecule has 6 nitrogen and oxygen atoms in total. The van der Waals surface area contributed by atoms with Crippen LogP contribution in [0.4, 0.5) is 8.78 Å². The quantitative estimate of drug-likeness (QED) is 0.875. The van der Waals surface area contributed by atoms with Gasteiger partial charge in [-0.2, -0.15) is 5.10 Å². The molecule has 0 aromatic carbocycles. The lowest BCUT2D eigenvalue weighted by Gasteiger charge is -2.25. The maximum absolute atomic E-state index is 12.5. The van der Waals surface area contributed by atoms with Crippen LogP contribution in [0.25, 0.3) is 0 Å². The fourth-order valence-electron chi connectivity index (χ4n) is 2.50. The van der Waals surface area contributed by atoms with Gasteiger partial charge in [0.2, 0.25) is 5.91 Å². The molecule has 2 amide bonds. The van der Waals surface area contributed by atoms with E-state index in [-0.39, 0.29) is 17.4 Å². The van der Waals surface area contributed by atoms with Crippen molar-refractivity contribution < 1.29 is 18.4 Å². The van der Waals surface area contributed by atoms with E-state index in [1.807, 2.05) is 0 Å². The third-order valence-corrected chi connectivity index (χ3v) is 3.50. The number of nitrogens with zero attached hydrogens (tertiary/aromatic N) is 3. The third kappa shape index (κ3) is 3.20. The Kier molecular flexibility index (Phi) is 4.54. The summed E-state index contributed by atoms with van der Waals surface area (Å²) in [5.41, 5.74) is 0.648. The monoisotopic (exact) mass is 300 g/mol. The highest BCUT2D eigenvalue weighted by Gasteiger charge is 2.33. The van der Waals surface area contributed by atoms with Crippen molar-refractivity contribution in [2.24, 2.45) is 0 Å². The van der Waals surface area contributed by atoms with Crippen LogP contribution in [0, 0.1) is 6.92 Å². The zero-order valence-electron chi connectivity index (χ0n) is 12.0. The summed E-state index contributed by atoms with van der Waals surface area (Å²) >= 11 is 0. The van der Waals surface area contributed by atoms with Gasteiger partial charge in [0, 0.05) is 19.3 Å². The SMILES string of the molecule is CCN(C(=O)c1cn(CC(F)F)nc1C)[C@H]1CCNC1=O. The number of amides is 2. The van der Waals surface area contributed by atoms with Crippen LogP contribution in [-0.2, 0) is 11.3 Å². The lowest BCUT2D eigenvalue weighted by atomic mass is 10.1. The number of carbonyl (C=O) groups is 2. The molecule has 0 spiro atoms.